The van der Waals surface area contributed by atoms with E-state index in [0.29, 0.717) is 12.5 Å². The van der Waals surface area contributed by atoms with Crippen LogP contribution in [0.3, 0.4) is 0 Å². The average molecular weight is 203 g/mol. The van der Waals surface area contributed by atoms with Gasteiger partial charge in [-0.2, -0.15) is 0 Å². The Bertz CT molecular complexity index is 130. The highest BCUT2D eigenvalue weighted by Crippen LogP contribution is 2.08. The lowest BCUT2D eigenvalue weighted by molar-refractivity contribution is -0.0177. The third kappa shape index (κ3) is 5.58. The first-order chi connectivity index (χ1) is 6.65. The van der Waals surface area contributed by atoms with E-state index in [0.717, 1.165) is 6.42 Å². The van der Waals surface area contributed by atoms with Crippen LogP contribution in [0.4, 0.5) is 0 Å². The van der Waals surface area contributed by atoms with Gasteiger partial charge in [0.2, 0.25) is 0 Å². The molecule has 86 valence electrons. The molecule has 0 aromatic heterocycles. The Balaban J connectivity index is 3.71. The first-order valence-corrected chi connectivity index (χ1v) is 5.63. The zero-order chi connectivity index (χ0) is 11.0. The van der Waals surface area contributed by atoms with Crippen molar-refractivity contribution in [3.05, 3.63) is 0 Å². The summed E-state index contributed by atoms with van der Waals surface area (Å²) in [4.78, 5) is 0. The van der Waals surface area contributed by atoms with Crippen molar-refractivity contribution in [1.29, 1.82) is 0 Å². The fourth-order valence-electron chi connectivity index (χ4n) is 1.44. The summed E-state index contributed by atoms with van der Waals surface area (Å²) in [6, 6.07) is -0.0474. The summed E-state index contributed by atoms with van der Waals surface area (Å²) in [6.07, 6.45) is 2.99. The molecule has 0 bridgehead atoms. The van der Waals surface area contributed by atoms with Crippen LogP contribution in [-0.2, 0) is 4.74 Å². The van der Waals surface area contributed by atoms with Crippen LogP contribution < -0.4 is 5.73 Å². The molecule has 3 heteroatoms. The van der Waals surface area contributed by atoms with E-state index in [2.05, 4.69) is 13.8 Å². The molecule has 14 heavy (non-hydrogen) atoms. The van der Waals surface area contributed by atoms with Gasteiger partial charge in [-0.1, -0.05) is 27.2 Å². The molecule has 0 spiro atoms. The van der Waals surface area contributed by atoms with Gasteiger partial charge >= 0.3 is 0 Å². The first kappa shape index (κ1) is 13.9. The molecule has 0 aliphatic rings. The topological polar surface area (TPSA) is 55.5 Å². The Morgan fingerprint density at radius 1 is 1.36 bits per heavy atom. The van der Waals surface area contributed by atoms with Crippen molar-refractivity contribution in [1.82, 2.24) is 0 Å². The largest absolute Gasteiger partial charge is 0.394 e. The van der Waals surface area contributed by atoms with Crippen LogP contribution in [0.2, 0.25) is 0 Å². The molecule has 0 saturated carbocycles. The SMILES string of the molecule is CCCC(C)COC(CO)C(N)CC. The van der Waals surface area contributed by atoms with Crippen molar-refractivity contribution in [3.63, 3.8) is 0 Å². The van der Waals surface area contributed by atoms with Crippen LogP contribution in [0.25, 0.3) is 0 Å². The number of hydrogen-bond donors (Lipinski definition) is 2. The van der Waals surface area contributed by atoms with Crippen LogP contribution in [-0.4, -0.2) is 30.5 Å². The van der Waals surface area contributed by atoms with Crippen molar-refractivity contribution in [2.75, 3.05) is 13.2 Å². The highest BCUT2D eigenvalue weighted by molar-refractivity contribution is 4.71. The molecule has 0 aromatic carbocycles. The highest BCUT2D eigenvalue weighted by Gasteiger charge is 2.16. The summed E-state index contributed by atoms with van der Waals surface area (Å²) in [7, 11) is 0. The van der Waals surface area contributed by atoms with Crippen molar-refractivity contribution in [2.24, 2.45) is 11.7 Å². The van der Waals surface area contributed by atoms with Crippen LogP contribution >= 0.6 is 0 Å². The fraction of sp³-hybridized carbons (Fsp3) is 1.00. The van der Waals surface area contributed by atoms with Gasteiger partial charge in [0.25, 0.3) is 0 Å². The third-order valence-corrected chi connectivity index (χ3v) is 2.51. The van der Waals surface area contributed by atoms with E-state index >= 15 is 0 Å². The van der Waals surface area contributed by atoms with Crippen LogP contribution in [0.15, 0.2) is 0 Å². The molecule has 3 nitrogen and oxygen atoms in total. The van der Waals surface area contributed by atoms with Crippen molar-refractivity contribution < 1.29 is 9.84 Å². The van der Waals surface area contributed by atoms with Crippen molar-refractivity contribution in [2.45, 2.75) is 52.2 Å². The van der Waals surface area contributed by atoms with Gasteiger partial charge in [-0.05, 0) is 18.8 Å². The predicted octanol–water partition coefficient (Wildman–Crippen LogP) is 1.54. The van der Waals surface area contributed by atoms with Gasteiger partial charge in [-0.3, -0.25) is 0 Å². The van der Waals surface area contributed by atoms with Crippen LogP contribution in [0.1, 0.15) is 40.0 Å². The molecule has 0 radical (unpaired) electrons. The molecule has 3 N–H and O–H groups in total. The predicted molar refractivity (Wildman–Crippen MR) is 59.2 cm³/mol. The standard InChI is InChI=1S/C11H25NO2/c1-4-6-9(3)8-14-11(7-13)10(12)5-2/h9-11,13H,4-8,12H2,1-3H3. The minimum Gasteiger partial charge on any atom is -0.394 e. The van der Waals surface area contributed by atoms with Gasteiger partial charge < -0.3 is 15.6 Å². The molecule has 0 heterocycles. The molecule has 0 fully saturated rings. The molecule has 3 unspecified atom stereocenters. The monoisotopic (exact) mass is 203 g/mol. The van der Waals surface area contributed by atoms with Gasteiger partial charge in [-0.15, -0.1) is 0 Å². The number of aliphatic hydroxyl groups excluding tert-OH is 1. The van der Waals surface area contributed by atoms with Gasteiger partial charge in [-0.25, -0.2) is 0 Å². The normalized spacial score (nSPS) is 17.8. The summed E-state index contributed by atoms with van der Waals surface area (Å²) in [5, 5.41) is 9.07. The lowest BCUT2D eigenvalue weighted by Crippen LogP contribution is -2.39. The quantitative estimate of drug-likeness (QED) is 0.629. The summed E-state index contributed by atoms with van der Waals surface area (Å²) < 4.78 is 5.58. The number of ether oxygens (including phenoxy) is 1. The van der Waals surface area contributed by atoms with Gasteiger partial charge in [0.15, 0.2) is 0 Å². The molecule has 0 aliphatic heterocycles. The first-order valence-electron chi connectivity index (χ1n) is 5.63. The molecule has 0 rings (SSSR count). The Labute approximate surface area is 87.6 Å². The van der Waals surface area contributed by atoms with E-state index < -0.39 is 0 Å². The maximum Gasteiger partial charge on any atom is 0.0956 e. The number of rotatable bonds is 8. The van der Waals surface area contributed by atoms with Crippen molar-refractivity contribution in [3.8, 4) is 0 Å². The minimum absolute atomic E-state index is 0.0217. The van der Waals surface area contributed by atoms with Crippen LogP contribution in [0.5, 0.6) is 0 Å². The highest BCUT2D eigenvalue weighted by atomic mass is 16.5. The molecule has 0 saturated heterocycles. The second kappa shape index (κ2) is 8.21. The van der Waals surface area contributed by atoms with Crippen molar-refractivity contribution >= 4 is 0 Å². The average Bonchev–Trinajstić information content (AvgIpc) is 2.18. The number of hydrogen-bond acceptors (Lipinski definition) is 3. The van der Waals surface area contributed by atoms with E-state index in [1.165, 1.54) is 12.8 Å². The second-order valence-electron chi connectivity index (χ2n) is 4.02. The maximum absolute atomic E-state index is 9.07. The molecule has 3 atom stereocenters. The minimum atomic E-state index is -0.195. The second-order valence-corrected chi connectivity index (χ2v) is 4.02. The maximum atomic E-state index is 9.07. The fourth-order valence-corrected chi connectivity index (χ4v) is 1.44. The molecule has 0 aliphatic carbocycles. The molecule has 0 amide bonds. The Morgan fingerprint density at radius 2 is 2.00 bits per heavy atom. The number of nitrogens with two attached hydrogens (primary N) is 1. The van der Waals surface area contributed by atoms with E-state index in [4.69, 9.17) is 15.6 Å². The smallest absolute Gasteiger partial charge is 0.0956 e. The van der Waals surface area contributed by atoms with Crippen LogP contribution in [0, 0.1) is 5.92 Å². The number of aliphatic hydroxyl groups is 1. The summed E-state index contributed by atoms with van der Waals surface area (Å²) >= 11 is 0. The van der Waals surface area contributed by atoms with Gasteiger partial charge in [0.1, 0.15) is 0 Å². The summed E-state index contributed by atoms with van der Waals surface area (Å²) in [5.74, 6) is 0.554. The Morgan fingerprint density at radius 3 is 2.43 bits per heavy atom. The lowest BCUT2D eigenvalue weighted by atomic mass is 10.1. The molecule has 0 aromatic rings. The van der Waals surface area contributed by atoms with E-state index in [1.807, 2.05) is 6.92 Å². The zero-order valence-corrected chi connectivity index (χ0v) is 9.70. The third-order valence-electron chi connectivity index (χ3n) is 2.51. The van der Waals surface area contributed by atoms with E-state index in [-0.39, 0.29) is 18.8 Å². The Hall–Kier alpha value is -0.120. The zero-order valence-electron chi connectivity index (χ0n) is 9.70. The van der Waals surface area contributed by atoms with E-state index in [1.54, 1.807) is 0 Å². The molecular formula is C11H25NO2. The lowest BCUT2D eigenvalue weighted by Gasteiger charge is -2.23. The van der Waals surface area contributed by atoms with Gasteiger partial charge in [0.05, 0.1) is 12.7 Å². The Kier molecular flexibility index (Phi) is 8.14. The molecular weight excluding hydrogens is 178 g/mol. The van der Waals surface area contributed by atoms with Gasteiger partial charge in [0, 0.05) is 12.6 Å². The summed E-state index contributed by atoms with van der Waals surface area (Å²) in [6.45, 7) is 7.06. The van der Waals surface area contributed by atoms with E-state index in [9.17, 15) is 0 Å². The summed E-state index contributed by atoms with van der Waals surface area (Å²) in [5.41, 5.74) is 5.80.